The van der Waals surface area contributed by atoms with Crippen molar-refractivity contribution in [2.75, 3.05) is 4.90 Å². The Balaban J connectivity index is 1.39. The van der Waals surface area contributed by atoms with Crippen molar-refractivity contribution in [2.45, 2.75) is 33.1 Å². The molecule has 0 unspecified atom stereocenters. The molecule has 2 heteroatoms. The number of allylic oxidation sites excluding steroid dienone is 5. The molecule has 0 aliphatic carbocycles. The Bertz CT molecular complexity index is 2450. The molecule has 1 aromatic heterocycles. The van der Waals surface area contributed by atoms with Crippen LogP contribution in [0.15, 0.2) is 194 Å². The van der Waals surface area contributed by atoms with Gasteiger partial charge >= 0.3 is 0 Å². The van der Waals surface area contributed by atoms with Crippen LogP contribution in [0.5, 0.6) is 0 Å². The minimum Gasteiger partial charge on any atom is -0.314 e. The number of aromatic nitrogens is 1. The molecule has 0 aliphatic rings. The fourth-order valence-corrected chi connectivity index (χ4v) is 6.90. The fourth-order valence-electron chi connectivity index (χ4n) is 6.90. The van der Waals surface area contributed by atoms with E-state index < -0.39 is 0 Å². The molecule has 7 aromatic rings. The predicted octanol–water partition coefficient (Wildman–Crippen LogP) is 13.8. The maximum Gasteiger partial charge on any atom is 0.0541 e. The quantitative estimate of drug-likeness (QED) is 0.140. The van der Waals surface area contributed by atoms with Crippen LogP contribution in [0.4, 0.5) is 11.4 Å². The van der Waals surface area contributed by atoms with E-state index in [9.17, 15) is 0 Å². The topological polar surface area (TPSA) is 8.17 Å². The summed E-state index contributed by atoms with van der Waals surface area (Å²) in [5, 5.41) is 2.50. The van der Waals surface area contributed by atoms with Gasteiger partial charge in [0.15, 0.2) is 0 Å². The highest BCUT2D eigenvalue weighted by Crippen LogP contribution is 2.39. The Hall–Kier alpha value is -6.12. The number of hydrogen-bond donors (Lipinski definition) is 0. The molecule has 0 N–H and O–H groups in total. The van der Waals surface area contributed by atoms with Gasteiger partial charge in [-0.05, 0) is 118 Å². The van der Waals surface area contributed by atoms with Gasteiger partial charge in [0.2, 0.25) is 0 Å². The molecule has 2 nitrogen and oxygen atoms in total. The Morgan fingerprint density at radius 1 is 0.569 bits per heavy atom. The van der Waals surface area contributed by atoms with Gasteiger partial charge < -0.3 is 9.47 Å². The average molecular weight is 661 g/mol. The Morgan fingerprint density at radius 2 is 1.10 bits per heavy atom. The lowest BCUT2D eigenvalue weighted by Gasteiger charge is -2.27. The van der Waals surface area contributed by atoms with E-state index in [1.807, 2.05) is 0 Å². The third kappa shape index (κ3) is 6.61. The van der Waals surface area contributed by atoms with Crippen LogP contribution >= 0.6 is 0 Å². The van der Waals surface area contributed by atoms with Crippen molar-refractivity contribution in [3.8, 4) is 27.9 Å². The zero-order valence-corrected chi connectivity index (χ0v) is 30.0. The summed E-state index contributed by atoms with van der Waals surface area (Å²) in [6.07, 6.45) is 3.84. The largest absolute Gasteiger partial charge is 0.314 e. The molecular weight excluding hydrogens is 617 g/mol. The Morgan fingerprint density at radius 3 is 1.71 bits per heavy atom. The second-order valence-corrected chi connectivity index (χ2v) is 14.2. The van der Waals surface area contributed by atoms with Gasteiger partial charge in [-0.1, -0.05) is 132 Å². The Labute approximate surface area is 302 Å². The normalized spacial score (nSPS) is 11.9. The monoisotopic (exact) mass is 660 g/mol. The summed E-state index contributed by atoms with van der Waals surface area (Å²) >= 11 is 0. The van der Waals surface area contributed by atoms with E-state index in [1.54, 1.807) is 6.08 Å². The molecule has 0 radical (unpaired) electrons. The summed E-state index contributed by atoms with van der Waals surface area (Å²) < 4.78 is 2.39. The van der Waals surface area contributed by atoms with Crippen molar-refractivity contribution in [3.63, 3.8) is 0 Å². The van der Waals surface area contributed by atoms with E-state index in [4.69, 9.17) is 0 Å². The number of rotatable bonds is 9. The first-order chi connectivity index (χ1) is 24.6. The second-order valence-electron chi connectivity index (χ2n) is 14.2. The highest BCUT2D eigenvalue weighted by Gasteiger charge is 2.19. The molecule has 0 saturated heterocycles. The van der Waals surface area contributed by atoms with Crippen LogP contribution in [0.25, 0.3) is 49.7 Å². The first-order valence-corrected chi connectivity index (χ1v) is 17.5. The molecule has 0 spiro atoms. The minimum atomic E-state index is 0.0390. The number of para-hydroxylation sites is 1. The van der Waals surface area contributed by atoms with E-state index >= 15 is 0 Å². The number of benzene rings is 6. The third-order valence-electron chi connectivity index (χ3n) is 9.69. The minimum absolute atomic E-state index is 0.0390. The standard InChI is InChI=1S/C49H44N2/c1-8-34(2)35(3)29-36(4)50(43-23-15-19-38(30-43)37-17-11-9-12-18-37)44-24-16-20-39(31-44)40-25-27-47-45(32-40)46-33-41(49(5,6)7)26-28-48(46)51(47)42-21-13-10-14-22-42/h8-33H,1-3H2,4-7H3/b36-29+. The number of nitrogens with zero attached hydrogens (tertiary/aromatic N) is 2. The lowest BCUT2D eigenvalue weighted by molar-refractivity contribution is 0.591. The van der Waals surface area contributed by atoms with Crippen molar-refractivity contribution in [2.24, 2.45) is 0 Å². The van der Waals surface area contributed by atoms with Gasteiger partial charge in [-0.25, -0.2) is 0 Å². The summed E-state index contributed by atoms with van der Waals surface area (Å²) in [4.78, 5) is 2.30. The van der Waals surface area contributed by atoms with Crippen molar-refractivity contribution < 1.29 is 0 Å². The molecule has 0 aliphatic heterocycles. The summed E-state index contributed by atoms with van der Waals surface area (Å²) in [7, 11) is 0. The molecule has 0 amide bonds. The van der Waals surface area contributed by atoms with E-state index in [-0.39, 0.29) is 5.41 Å². The summed E-state index contributed by atoms with van der Waals surface area (Å²) in [5.41, 5.74) is 14.4. The highest BCUT2D eigenvalue weighted by atomic mass is 15.1. The molecule has 1 heterocycles. The van der Waals surface area contributed by atoms with Crippen molar-refractivity contribution in [3.05, 3.63) is 200 Å². The van der Waals surface area contributed by atoms with Crippen LogP contribution in [0.3, 0.4) is 0 Å². The van der Waals surface area contributed by atoms with Crippen molar-refractivity contribution in [1.29, 1.82) is 0 Å². The van der Waals surface area contributed by atoms with Crippen LogP contribution in [-0.4, -0.2) is 4.57 Å². The van der Waals surface area contributed by atoms with E-state index in [1.165, 1.54) is 38.5 Å². The van der Waals surface area contributed by atoms with E-state index in [0.29, 0.717) is 0 Å². The van der Waals surface area contributed by atoms with Crippen molar-refractivity contribution in [1.82, 2.24) is 4.57 Å². The van der Waals surface area contributed by atoms with E-state index in [0.717, 1.165) is 45.0 Å². The SMILES string of the molecule is C=CC(=C)C(=C)/C=C(\C)N(c1cccc(-c2ccccc2)c1)c1cccc(-c2ccc3c(c2)c2cc(C(C)(C)C)ccc2n3-c2ccccc2)c1. The first-order valence-electron chi connectivity index (χ1n) is 17.5. The molecule has 6 aromatic carbocycles. The van der Waals surface area contributed by atoms with Gasteiger partial charge in [0.05, 0.1) is 11.0 Å². The van der Waals surface area contributed by atoms with Gasteiger partial charge in [-0.2, -0.15) is 0 Å². The van der Waals surface area contributed by atoms with Gasteiger partial charge in [-0.3, -0.25) is 0 Å². The smallest absolute Gasteiger partial charge is 0.0541 e. The van der Waals surface area contributed by atoms with Crippen LogP contribution < -0.4 is 4.90 Å². The number of fused-ring (bicyclic) bond motifs is 3. The van der Waals surface area contributed by atoms with Crippen LogP contribution in [0.1, 0.15) is 33.3 Å². The zero-order chi connectivity index (χ0) is 35.7. The molecular formula is C49H44N2. The fraction of sp³-hybridized carbons (Fsp3) is 0.102. The van der Waals surface area contributed by atoms with E-state index in [2.05, 4.69) is 209 Å². The van der Waals surface area contributed by atoms with Crippen LogP contribution in [0.2, 0.25) is 0 Å². The van der Waals surface area contributed by atoms with Gasteiger partial charge in [0.1, 0.15) is 0 Å². The van der Waals surface area contributed by atoms with Gasteiger partial charge in [0, 0.05) is 33.5 Å². The number of anilines is 2. The molecule has 0 saturated carbocycles. The molecule has 0 fully saturated rings. The summed E-state index contributed by atoms with van der Waals surface area (Å²) in [6.45, 7) is 21.3. The van der Waals surface area contributed by atoms with Gasteiger partial charge in [-0.15, -0.1) is 0 Å². The molecule has 7 rings (SSSR count). The van der Waals surface area contributed by atoms with Gasteiger partial charge in [0.25, 0.3) is 0 Å². The predicted molar refractivity (Wildman–Crippen MR) is 221 cm³/mol. The lowest BCUT2D eigenvalue weighted by Crippen LogP contribution is -2.15. The van der Waals surface area contributed by atoms with Crippen LogP contribution in [-0.2, 0) is 5.41 Å². The molecule has 0 atom stereocenters. The Kier molecular flexibility index (Phi) is 8.93. The molecule has 0 bridgehead atoms. The second kappa shape index (κ2) is 13.7. The first kappa shape index (κ1) is 33.4. The molecule has 51 heavy (non-hydrogen) atoms. The summed E-state index contributed by atoms with van der Waals surface area (Å²) in [6, 6.07) is 52.5. The number of hydrogen-bond acceptors (Lipinski definition) is 1. The maximum absolute atomic E-state index is 4.29. The van der Waals surface area contributed by atoms with Crippen molar-refractivity contribution >= 4 is 33.2 Å². The third-order valence-corrected chi connectivity index (χ3v) is 9.69. The average Bonchev–Trinajstić information content (AvgIpc) is 3.48. The lowest BCUT2D eigenvalue weighted by atomic mass is 9.86. The summed E-state index contributed by atoms with van der Waals surface area (Å²) in [5.74, 6) is 0. The zero-order valence-electron chi connectivity index (χ0n) is 30.0. The molecule has 250 valence electrons. The van der Waals surface area contributed by atoms with Crippen LogP contribution in [0, 0.1) is 0 Å². The highest BCUT2D eigenvalue weighted by molar-refractivity contribution is 6.10. The maximum atomic E-state index is 4.29.